The van der Waals surface area contributed by atoms with Crippen LogP contribution in [0.5, 0.6) is 5.75 Å². The van der Waals surface area contributed by atoms with Crippen LogP contribution in [-0.4, -0.2) is 32.2 Å². The standard InChI is InChI=1S/C17H21F2N3OS/c1-2-20-17(21-8-7-14-4-3-11-24-14)22-9-10-23-16-6-5-13(18)12-15(16)19/h3-6,11-12H,2,7-10H2,1H3,(H2,20,21,22). The van der Waals surface area contributed by atoms with Crippen LogP contribution in [-0.2, 0) is 6.42 Å². The number of thiophene rings is 1. The van der Waals surface area contributed by atoms with Crippen LogP contribution in [0.4, 0.5) is 8.78 Å². The molecular formula is C17H21F2N3OS. The van der Waals surface area contributed by atoms with E-state index in [1.165, 1.54) is 17.0 Å². The molecular weight excluding hydrogens is 332 g/mol. The van der Waals surface area contributed by atoms with Crippen LogP contribution in [0, 0.1) is 11.6 Å². The SMILES string of the molecule is CCNC(=NCCc1cccs1)NCCOc1ccc(F)cc1F. The minimum absolute atomic E-state index is 0.0397. The molecule has 0 spiro atoms. The lowest BCUT2D eigenvalue weighted by Gasteiger charge is -2.12. The molecule has 2 N–H and O–H groups in total. The normalized spacial score (nSPS) is 11.4. The smallest absolute Gasteiger partial charge is 0.191 e. The summed E-state index contributed by atoms with van der Waals surface area (Å²) in [5, 5.41) is 8.32. The molecule has 0 saturated carbocycles. The Balaban J connectivity index is 1.74. The number of nitrogens with one attached hydrogen (secondary N) is 2. The summed E-state index contributed by atoms with van der Waals surface area (Å²) in [5.41, 5.74) is 0. The highest BCUT2D eigenvalue weighted by Crippen LogP contribution is 2.17. The first-order chi connectivity index (χ1) is 11.7. The number of guanidine groups is 1. The van der Waals surface area contributed by atoms with E-state index in [1.54, 1.807) is 11.3 Å². The maximum absolute atomic E-state index is 13.4. The maximum Gasteiger partial charge on any atom is 0.191 e. The van der Waals surface area contributed by atoms with Crippen molar-refractivity contribution in [3.05, 3.63) is 52.2 Å². The Hall–Kier alpha value is -2.15. The first kappa shape index (κ1) is 18.2. The van der Waals surface area contributed by atoms with Crippen LogP contribution in [0.3, 0.4) is 0 Å². The minimum Gasteiger partial charge on any atom is -0.489 e. The third-order valence-electron chi connectivity index (χ3n) is 3.10. The second-order valence-corrected chi connectivity index (χ2v) is 5.97. The van der Waals surface area contributed by atoms with Crippen LogP contribution in [0.1, 0.15) is 11.8 Å². The lowest BCUT2D eigenvalue weighted by molar-refractivity contribution is 0.304. The van der Waals surface area contributed by atoms with Gasteiger partial charge in [-0.05, 0) is 30.5 Å². The van der Waals surface area contributed by atoms with Crippen molar-refractivity contribution in [2.45, 2.75) is 13.3 Å². The van der Waals surface area contributed by atoms with Crippen molar-refractivity contribution in [1.29, 1.82) is 0 Å². The van der Waals surface area contributed by atoms with E-state index in [2.05, 4.69) is 27.1 Å². The summed E-state index contributed by atoms with van der Waals surface area (Å²) in [6.07, 6.45) is 0.894. The summed E-state index contributed by atoms with van der Waals surface area (Å²) in [4.78, 5) is 5.78. The zero-order chi connectivity index (χ0) is 17.2. The van der Waals surface area contributed by atoms with Crippen molar-refractivity contribution in [2.75, 3.05) is 26.2 Å². The molecule has 0 radical (unpaired) electrons. The fourth-order valence-corrected chi connectivity index (χ4v) is 2.70. The molecule has 0 amide bonds. The zero-order valence-corrected chi connectivity index (χ0v) is 14.3. The predicted octanol–water partition coefficient (Wildman–Crippen LogP) is 3.20. The van der Waals surface area contributed by atoms with Gasteiger partial charge in [0, 0.05) is 30.5 Å². The summed E-state index contributed by atoms with van der Waals surface area (Å²) in [6.45, 7) is 4.13. The van der Waals surface area contributed by atoms with E-state index in [-0.39, 0.29) is 12.4 Å². The highest BCUT2D eigenvalue weighted by atomic mass is 32.1. The van der Waals surface area contributed by atoms with Gasteiger partial charge >= 0.3 is 0 Å². The molecule has 0 saturated heterocycles. The zero-order valence-electron chi connectivity index (χ0n) is 13.5. The number of ether oxygens (including phenoxy) is 1. The van der Waals surface area contributed by atoms with Gasteiger partial charge in [-0.1, -0.05) is 6.07 Å². The number of benzene rings is 1. The number of halogens is 2. The Kier molecular flexibility index (Phi) is 7.48. The highest BCUT2D eigenvalue weighted by Gasteiger charge is 2.04. The topological polar surface area (TPSA) is 45.7 Å². The fourth-order valence-electron chi connectivity index (χ4n) is 2.00. The van der Waals surface area contributed by atoms with Gasteiger partial charge in [0.1, 0.15) is 12.4 Å². The molecule has 0 atom stereocenters. The van der Waals surface area contributed by atoms with Gasteiger partial charge in [-0.3, -0.25) is 4.99 Å². The molecule has 0 fully saturated rings. The van der Waals surface area contributed by atoms with Gasteiger partial charge in [0.05, 0.1) is 6.54 Å². The van der Waals surface area contributed by atoms with Gasteiger partial charge in [0.25, 0.3) is 0 Å². The Morgan fingerprint density at radius 3 is 2.83 bits per heavy atom. The van der Waals surface area contributed by atoms with E-state index in [0.29, 0.717) is 19.0 Å². The number of aliphatic imine (C=N–C) groups is 1. The van der Waals surface area contributed by atoms with E-state index >= 15 is 0 Å². The summed E-state index contributed by atoms with van der Waals surface area (Å²) < 4.78 is 31.6. The van der Waals surface area contributed by atoms with E-state index in [1.807, 2.05) is 13.0 Å². The van der Waals surface area contributed by atoms with Crippen molar-refractivity contribution in [3.63, 3.8) is 0 Å². The molecule has 1 aromatic carbocycles. The van der Waals surface area contributed by atoms with Crippen LogP contribution in [0.25, 0.3) is 0 Å². The van der Waals surface area contributed by atoms with Crippen molar-refractivity contribution in [1.82, 2.24) is 10.6 Å². The second kappa shape index (κ2) is 9.87. The Labute approximate surface area is 144 Å². The molecule has 0 aliphatic carbocycles. The third kappa shape index (κ3) is 6.16. The molecule has 1 aromatic heterocycles. The highest BCUT2D eigenvalue weighted by molar-refractivity contribution is 7.09. The van der Waals surface area contributed by atoms with E-state index < -0.39 is 11.6 Å². The molecule has 0 bridgehead atoms. The molecule has 0 aliphatic rings. The van der Waals surface area contributed by atoms with Gasteiger partial charge < -0.3 is 15.4 Å². The minimum atomic E-state index is -0.702. The largest absolute Gasteiger partial charge is 0.489 e. The van der Waals surface area contributed by atoms with Gasteiger partial charge in [-0.2, -0.15) is 0 Å². The third-order valence-corrected chi connectivity index (χ3v) is 4.03. The number of nitrogens with zero attached hydrogens (tertiary/aromatic N) is 1. The van der Waals surface area contributed by atoms with Crippen molar-refractivity contribution in [2.24, 2.45) is 4.99 Å². The first-order valence-corrected chi connectivity index (χ1v) is 8.69. The van der Waals surface area contributed by atoms with Crippen LogP contribution in [0.2, 0.25) is 0 Å². The van der Waals surface area contributed by atoms with Gasteiger partial charge in [-0.15, -0.1) is 11.3 Å². The van der Waals surface area contributed by atoms with Crippen LogP contribution >= 0.6 is 11.3 Å². The molecule has 0 aliphatic heterocycles. The second-order valence-electron chi connectivity index (χ2n) is 4.94. The molecule has 2 rings (SSSR count). The average Bonchev–Trinajstić information content (AvgIpc) is 3.06. The van der Waals surface area contributed by atoms with E-state index in [4.69, 9.17) is 4.74 Å². The van der Waals surface area contributed by atoms with Crippen molar-refractivity contribution < 1.29 is 13.5 Å². The van der Waals surface area contributed by atoms with Gasteiger partial charge in [0.15, 0.2) is 17.5 Å². The lowest BCUT2D eigenvalue weighted by Crippen LogP contribution is -2.39. The summed E-state index contributed by atoms with van der Waals surface area (Å²) in [6, 6.07) is 7.37. The van der Waals surface area contributed by atoms with Gasteiger partial charge in [-0.25, -0.2) is 8.78 Å². The Morgan fingerprint density at radius 2 is 2.12 bits per heavy atom. The molecule has 7 heteroatoms. The molecule has 4 nitrogen and oxygen atoms in total. The Morgan fingerprint density at radius 1 is 1.25 bits per heavy atom. The summed E-state index contributed by atoms with van der Waals surface area (Å²) in [7, 11) is 0. The summed E-state index contributed by atoms with van der Waals surface area (Å²) in [5.74, 6) is -0.591. The predicted molar refractivity (Wildman–Crippen MR) is 93.9 cm³/mol. The maximum atomic E-state index is 13.4. The van der Waals surface area contributed by atoms with Crippen LogP contribution in [0.15, 0.2) is 40.7 Å². The quantitative estimate of drug-likeness (QED) is 0.435. The molecule has 1 heterocycles. The molecule has 130 valence electrons. The molecule has 2 aromatic rings. The molecule has 0 unspecified atom stereocenters. The number of hydrogen-bond donors (Lipinski definition) is 2. The van der Waals surface area contributed by atoms with Crippen molar-refractivity contribution in [3.8, 4) is 5.75 Å². The average molecular weight is 353 g/mol. The molecule has 24 heavy (non-hydrogen) atoms. The Bertz CT molecular complexity index is 647. The number of hydrogen-bond acceptors (Lipinski definition) is 3. The monoisotopic (exact) mass is 353 g/mol. The van der Waals surface area contributed by atoms with E-state index in [9.17, 15) is 8.78 Å². The lowest BCUT2D eigenvalue weighted by atomic mass is 10.3. The van der Waals surface area contributed by atoms with Crippen LogP contribution < -0.4 is 15.4 Å². The fraction of sp³-hybridized carbons (Fsp3) is 0.353. The summed E-state index contributed by atoms with van der Waals surface area (Å²) >= 11 is 1.72. The van der Waals surface area contributed by atoms with E-state index in [0.717, 1.165) is 19.0 Å². The van der Waals surface area contributed by atoms with Gasteiger partial charge in [0.2, 0.25) is 0 Å². The first-order valence-electron chi connectivity index (χ1n) is 7.81. The van der Waals surface area contributed by atoms with Crippen molar-refractivity contribution >= 4 is 17.3 Å². The number of rotatable bonds is 8.